The summed E-state index contributed by atoms with van der Waals surface area (Å²) in [7, 11) is 0. The molecule has 0 spiro atoms. The zero-order chi connectivity index (χ0) is 38.2. The Morgan fingerprint density at radius 1 is 0.310 bits per heavy atom. The molecular formula is C56H37N2+. The Balaban J connectivity index is 1.18. The quantitative estimate of drug-likeness (QED) is 0.137. The lowest BCUT2D eigenvalue weighted by molar-refractivity contribution is -0.530. The van der Waals surface area contributed by atoms with E-state index >= 15 is 0 Å². The van der Waals surface area contributed by atoms with Crippen LogP contribution in [-0.4, -0.2) is 10.4 Å². The van der Waals surface area contributed by atoms with Gasteiger partial charge in [-0.2, -0.15) is 4.58 Å². The van der Waals surface area contributed by atoms with Crippen LogP contribution in [0.25, 0.3) is 86.9 Å². The van der Waals surface area contributed by atoms with Gasteiger partial charge in [0, 0.05) is 5.56 Å². The van der Waals surface area contributed by atoms with Crippen LogP contribution in [0, 0.1) is 0 Å². The van der Waals surface area contributed by atoms with E-state index in [0.29, 0.717) is 0 Å². The SMILES string of the molecule is c1ccc(C2=[N+](c3cc(-c4cc5ccccc5c5ccccc45)cc(-c4cc5ccccc5c5ccccc45)c3)C(c3cc4ccccc4c4ccccc34)N2)cc1. The van der Waals surface area contributed by atoms with Gasteiger partial charge in [0.1, 0.15) is 5.69 Å². The molecule has 0 bridgehead atoms. The van der Waals surface area contributed by atoms with Gasteiger partial charge in [-0.3, -0.25) is 0 Å². The third-order valence-corrected chi connectivity index (χ3v) is 12.3. The molecule has 58 heavy (non-hydrogen) atoms. The van der Waals surface area contributed by atoms with Crippen LogP contribution in [0.4, 0.5) is 5.69 Å². The summed E-state index contributed by atoms with van der Waals surface area (Å²) in [4.78, 5) is 0. The fourth-order valence-electron chi connectivity index (χ4n) is 9.60. The fraction of sp³-hybridized carbons (Fsp3) is 0.0179. The van der Waals surface area contributed by atoms with Crippen LogP contribution in [-0.2, 0) is 0 Å². The van der Waals surface area contributed by atoms with Crippen molar-refractivity contribution in [3.63, 3.8) is 0 Å². The van der Waals surface area contributed by atoms with Gasteiger partial charge < -0.3 is 0 Å². The Hall–Kier alpha value is -7.55. The second-order valence-electron chi connectivity index (χ2n) is 15.5. The number of hydrogen-bond donors (Lipinski definition) is 1. The van der Waals surface area contributed by atoms with E-state index in [1.165, 1.54) is 92.5 Å². The number of amidine groups is 1. The van der Waals surface area contributed by atoms with Gasteiger partial charge in [0.05, 0.1) is 5.56 Å². The van der Waals surface area contributed by atoms with E-state index in [1.54, 1.807) is 0 Å². The Morgan fingerprint density at radius 2 is 0.707 bits per heavy atom. The first-order valence-electron chi connectivity index (χ1n) is 20.1. The molecule has 11 aromatic rings. The fourth-order valence-corrected chi connectivity index (χ4v) is 9.60. The molecule has 1 heterocycles. The van der Waals surface area contributed by atoms with Crippen LogP contribution in [0.15, 0.2) is 212 Å². The number of hydrogen-bond acceptors (Lipinski definition) is 1. The highest BCUT2D eigenvalue weighted by atomic mass is 15.3. The molecule has 0 amide bonds. The molecule has 0 radical (unpaired) electrons. The van der Waals surface area contributed by atoms with Crippen LogP contribution in [0.2, 0.25) is 0 Å². The van der Waals surface area contributed by atoms with Crippen molar-refractivity contribution < 1.29 is 4.58 Å². The minimum Gasteiger partial charge on any atom is -0.229 e. The average molecular weight is 738 g/mol. The molecule has 1 aliphatic rings. The number of rotatable bonds is 5. The maximum atomic E-state index is 3.99. The first-order chi connectivity index (χ1) is 28.8. The molecule has 2 heteroatoms. The van der Waals surface area contributed by atoms with E-state index < -0.39 is 0 Å². The van der Waals surface area contributed by atoms with Gasteiger partial charge in [-0.25, -0.2) is 5.32 Å². The van der Waals surface area contributed by atoms with Gasteiger partial charge in [-0.15, -0.1) is 0 Å². The molecule has 1 N–H and O–H groups in total. The molecule has 2 nitrogen and oxygen atoms in total. The van der Waals surface area contributed by atoms with Crippen molar-refractivity contribution in [3.8, 4) is 22.3 Å². The van der Waals surface area contributed by atoms with Gasteiger partial charge in [-0.05, 0) is 135 Å². The molecular weight excluding hydrogens is 701 g/mol. The number of benzene rings is 11. The molecule has 0 saturated carbocycles. The number of fused-ring (bicyclic) bond motifs is 9. The maximum Gasteiger partial charge on any atom is 0.289 e. The molecule has 11 aromatic carbocycles. The minimum atomic E-state index is -0.102. The predicted octanol–water partition coefficient (Wildman–Crippen LogP) is 14.3. The Bertz CT molecular complexity index is 3350. The first kappa shape index (κ1) is 32.7. The molecule has 0 aliphatic carbocycles. The van der Waals surface area contributed by atoms with Crippen molar-refractivity contribution in [2.75, 3.05) is 0 Å². The van der Waals surface area contributed by atoms with E-state index in [9.17, 15) is 0 Å². The molecule has 1 unspecified atom stereocenters. The lowest BCUT2D eigenvalue weighted by Gasteiger charge is -2.31. The topological polar surface area (TPSA) is 15.0 Å². The van der Waals surface area contributed by atoms with Crippen LogP contribution in [0.1, 0.15) is 17.3 Å². The largest absolute Gasteiger partial charge is 0.289 e. The highest BCUT2D eigenvalue weighted by Gasteiger charge is 2.42. The zero-order valence-electron chi connectivity index (χ0n) is 31.7. The molecule has 270 valence electrons. The monoisotopic (exact) mass is 737 g/mol. The van der Waals surface area contributed by atoms with E-state index in [4.69, 9.17) is 0 Å². The van der Waals surface area contributed by atoms with Crippen LogP contribution >= 0.6 is 0 Å². The highest BCUT2D eigenvalue weighted by molar-refractivity contribution is 6.16. The Kier molecular flexibility index (Phi) is 7.33. The van der Waals surface area contributed by atoms with Crippen molar-refractivity contribution in [3.05, 3.63) is 223 Å². The van der Waals surface area contributed by atoms with Gasteiger partial charge in [-0.1, -0.05) is 164 Å². The molecule has 0 aromatic heterocycles. The second-order valence-corrected chi connectivity index (χ2v) is 15.5. The first-order valence-corrected chi connectivity index (χ1v) is 20.1. The molecule has 1 aliphatic heterocycles. The third-order valence-electron chi connectivity index (χ3n) is 12.3. The number of nitrogens with one attached hydrogen (secondary N) is 1. The summed E-state index contributed by atoms with van der Waals surface area (Å²) in [6.45, 7) is 0. The van der Waals surface area contributed by atoms with Crippen LogP contribution in [0.5, 0.6) is 0 Å². The summed E-state index contributed by atoms with van der Waals surface area (Å²) >= 11 is 0. The van der Waals surface area contributed by atoms with E-state index in [2.05, 4.69) is 222 Å². The standard InChI is InChI=1S/C56H36N2/c1-2-16-36(17-3-1)55-57-56(54-35-39-20-6-9-23-45(39)48-26-12-15-29-51(48)54)58(55)42-31-40(52-33-37-18-4-7-21-43(37)46-24-10-13-27-49(46)52)30-41(32-42)53-34-38-19-5-8-22-44(38)47-25-11-14-28-50(47)53/h1-35,56H/p+1. The zero-order valence-corrected chi connectivity index (χ0v) is 31.7. The van der Waals surface area contributed by atoms with Gasteiger partial charge in [0.15, 0.2) is 0 Å². The second kappa shape index (κ2) is 13.0. The van der Waals surface area contributed by atoms with Gasteiger partial charge >= 0.3 is 0 Å². The minimum absolute atomic E-state index is 0.102. The molecule has 1 atom stereocenters. The Labute approximate surface area is 336 Å². The predicted molar refractivity (Wildman–Crippen MR) is 245 cm³/mol. The van der Waals surface area contributed by atoms with Crippen molar-refractivity contribution in [1.29, 1.82) is 0 Å². The third kappa shape index (κ3) is 5.09. The smallest absolute Gasteiger partial charge is 0.229 e. The van der Waals surface area contributed by atoms with E-state index in [1.807, 2.05) is 0 Å². The highest BCUT2D eigenvalue weighted by Crippen LogP contribution is 2.44. The summed E-state index contributed by atoms with van der Waals surface area (Å²) in [5.41, 5.74) is 8.38. The lowest BCUT2D eigenvalue weighted by Crippen LogP contribution is -2.51. The van der Waals surface area contributed by atoms with Crippen molar-refractivity contribution >= 4 is 76.2 Å². The Morgan fingerprint density at radius 3 is 1.22 bits per heavy atom. The summed E-state index contributed by atoms with van der Waals surface area (Å²) in [6, 6.07) is 78.2. The van der Waals surface area contributed by atoms with Crippen LogP contribution in [0.3, 0.4) is 0 Å². The van der Waals surface area contributed by atoms with Crippen LogP contribution < -0.4 is 5.32 Å². The summed E-state index contributed by atoms with van der Waals surface area (Å²) in [5.74, 6) is 1.10. The van der Waals surface area contributed by atoms with E-state index in [-0.39, 0.29) is 6.17 Å². The normalized spacial score (nSPS) is 14.1. The van der Waals surface area contributed by atoms with E-state index in [0.717, 1.165) is 17.1 Å². The van der Waals surface area contributed by atoms with Crippen molar-refractivity contribution in [1.82, 2.24) is 5.32 Å². The van der Waals surface area contributed by atoms with Gasteiger partial charge in [0.25, 0.3) is 12.0 Å². The summed E-state index contributed by atoms with van der Waals surface area (Å²) in [5, 5.41) is 19.1. The van der Waals surface area contributed by atoms with Crippen molar-refractivity contribution in [2.24, 2.45) is 0 Å². The lowest BCUT2D eigenvalue weighted by atomic mass is 9.88. The summed E-state index contributed by atoms with van der Waals surface area (Å²) in [6.07, 6.45) is -0.102. The molecule has 0 fully saturated rings. The van der Waals surface area contributed by atoms with Gasteiger partial charge in [0.2, 0.25) is 0 Å². The average Bonchev–Trinajstić information content (AvgIpc) is 3.28. The molecule has 12 rings (SSSR count). The number of nitrogens with zero attached hydrogens (tertiary/aromatic N) is 1. The summed E-state index contributed by atoms with van der Waals surface area (Å²) < 4.78 is 2.53. The maximum absolute atomic E-state index is 3.99. The molecule has 0 saturated heterocycles. The van der Waals surface area contributed by atoms with Crippen molar-refractivity contribution in [2.45, 2.75) is 6.17 Å².